The highest BCUT2D eigenvalue weighted by atomic mass is 32.2. The summed E-state index contributed by atoms with van der Waals surface area (Å²) in [6.45, 7) is -0.141. The first kappa shape index (κ1) is 22.9. The molecule has 1 fully saturated rings. The van der Waals surface area contributed by atoms with Crippen LogP contribution in [-0.4, -0.2) is 46.9 Å². The number of anilines is 1. The van der Waals surface area contributed by atoms with Crippen molar-refractivity contribution in [1.29, 1.82) is 0 Å². The highest BCUT2D eigenvalue weighted by molar-refractivity contribution is 8.13. The summed E-state index contributed by atoms with van der Waals surface area (Å²) in [5.74, 6) is -0.355. The van der Waals surface area contributed by atoms with Gasteiger partial charge >= 0.3 is 0 Å². The van der Waals surface area contributed by atoms with Crippen molar-refractivity contribution >= 4 is 28.5 Å². The largest absolute Gasteiger partial charge is 0.445 e. The summed E-state index contributed by atoms with van der Waals surface area (Å²) < 4.78 is 37.2. The van der Waals surface area contributed by atoms with Crippen LogP contribution in [0.1, 0.15) is 29.9 Å². The van der Waals surface area contributed by atoms with Crippen LogP contribution in [0.5, 0.6) is 5.88 Å². The summed E-state index contributed by atoms with van der Waals surface area (Å²) in [7, 11) is 0. The van der Waals surface area contributed by atoms with Gasteiger partial charge in [0.15, 0.2) is 5.17 Å². The zero-order valence-electron chi connectivity index (χ0n) is 15.8. The van der Waals surface area contributed by atoms with Crippen molar-refractivity contribution < 1.29 is 23.0 Å². The molecule has 8 nitrogen and oxygen atoms in total. The first-order valence-corrected chi connectivity index (χ1v) is 10.2. The van der Waals surface area contributed by atoms with Crippen LogP contribution in [-0.2, 0) is 10.3 Å². The number of alkyl halides is 1. The lowest BCUT2D eigenvalue weighted by Crippen LogP contribution is -2.47. The molecule has 0 unspecified atom stereocenters. The van der Waals surface area contributed by atoms with Gasteiger partial charge in [-0.3, -0.25) is 9.79 Å². The van der Waals surface area contributed by atoms with Crippen molar-refractivity contribution in [3.8, 4) is 5.88 Å². The van der Waals surface area contributed by atoms with Gasteiger partial charge < -0.3 is 20.5 Å². The highest BCUT2D eigenvalue weighted by Gasteiger charge is 2.47. The Morgan fingerprint density at radius 1 is 1.39 bits per heavy atom. The number of rotatable bonds is 5. The topological polar surface area (TPSA) is 112 Å². The molecule has 1 amide bonds. The van der Waals surface area contributed by atoms with E-state index in [1.54, 1.807) is 6.07 Å². The Hall–Kier alpha value is -2.79. The van der Waals surface area contributed by atoms with E-state index in [1.807, 2.05) is 0 Å². The van der Waals surface area contributed by atoms with E-state index in [4.69, 9.17) is 10.5 Å². The molecule has 2 aliphatic rings. The molecule has 1 saturated heterocycles. The van der Waals surface area contributed by atoms with Gasteiger partial charge in [-0.2, -0.15) is 0 Å². The molecule has 0 radical (unpaired) electrons. The number of hydrogen-bond donors (Lipinski definition) is 2. The van der Waals surface area contributed by atoms with Crippen LogP contribution in [0, 0.1) is 11.7 Å². The Balaban J connectivity index is 0.00000272. The van der Waals surface area contributed by atoms with Gasteiger partial charge in [-0.1, -0.05) is 19.2 Å². The molecule has 1 aromatic heterocycles. The summed E-state index contributed by atoms with van der Waals surface area (Å²) in [6, 6.07) is 4.33. The number of nitrogens with one attached hydrogen (secondary N) is 1. The maximum Gasteiger partial charge on any atom is 0.275 e. The second-order valence-electron chi connectivity index (χ2n) is 6.85. The number of carbonyl (C=O) groups excluding carboxylic acids is 1. The Morgan fingerprint density at radius 3 is 2.97 bits per heavy atom. The summed E-state index contributed by atoms with van der Waals surface area (Å²) in [6.07, 6.45) is 2.81. The Labute approximate surface area is 182 Å². The van der Waals surface area contributed by atoms with E-state index in [0.29, 0.717) is 41.8 Å². The summed E-state index contributed by atoms with van der Waals surface area (Å²) in [5, 5.41) is 3.09. The van der Waals surface area contributed by atoms with Crippen LogP contribution >= 0.6 is 11.8 Å². The summed E-state index contributed by atoms with van der Waals surface area (Å²) >= 11 is 1.43. The first-order valence-electron chi connectivity index (χ1n) is 9.20. The number of ether oxygens (including phenoxy) is 2. The summed E-state index contributed by atoms with van der Waals surface area (Å²) in [4.78, 5) is 24.8. The van der Waals surface area contributed by atoms with Gasteiger partial charge in [0.05, 0.1) is 24.5 Å². The van der Waals surface area contributed by atoms with Crippen LogP contribution in [0.15, 0.2) is 35.6 Å². The molecule has 0 bridgehead atoms. The van der Waals surface area contributed by atoms with Crippen LogP contribution in [0.4, 0.5) is 14.5 Å². The number of thioether (sulfide) groups is 1. The second kappa shape index (κ2) is 9.56. The molecule has 2 atom stereocenters. The van der Waals surface area contributed by atoms with Gasteiger partial charge in [-0.15, -0.1) is 0 Å². The van der Waals surface area contributed by atoms with Gasteiger partial charge in [0.2, 0.25) is 12.7 Å². The highest BCUT2D eigenvalue weighted by Crippen LogP contribution is 2.46. The minimum absolute atomic E-state index is 0. The van der Waals surface area contributed by atoms with Gasteiger partial charge in [-0.25, -0.2) is 18.7 Å². The van der Waals surface area contributed by atoms with Crippen molar-refractivity contribution in [3.05, 3.63) is 47.7 Å². The fraction of sp³-hybridized carbons (Fsp3) is 0.400. The molecular weight excluding hydrogens is 428 g/mol. The maximum atomic E-state index is 14.9. The third kappa shape index (κ3) is 4.62. The van der Waals surface area contributed by atoms with Crippen molar-refractivity contribution in [2.45, 2.75) is 19.4 Å². The van der Waals surface area contributed by atoms with Crippen LogP contribution in [0.25, 0.3) is 0 Å². The van der Waals surface area contributed by atoms with Crippen LogP contribution in [0.3, 0.4) is 0 Å². The predicted molar refractivity (Wildman–Crippen MR) is 114 cm³/mol. The fourth-order valence-corrected chi connectivity index (χ4v) is 4.62. The number of aromatic nitrogens is 2. The number of benzene rings is 1. The molecule has 4 rings (SSSR count). The van der Waals surface area contributed by atoms with Gasteiger partial charge in [0.1, 0.15) is 11.5 Å². The van der Waals surface area contributed by atoms with E-state index in [1.165, 1.54) is 30.1 Å². The monoisotopic (exact) mass is 451 g/mol. The van der Waals surface area contributed by atoms with Crippen molar-refractivity contribution in [2.75, 3.05) is 31.1 Å². The second-order valence-corrected chi connectivity index (χ2v) is 7.89. The lowest BCUT2D eigenvalue weighted by molar-refractivity contribution is 0.00886. The molecule has 2 aliphatic heterocycles. The summed E-state index contributed by atoms with van der Waals surface area (Å²) in [5.41, 5.74) is 5.90. The molecule has 3 heterocycles. The van der Waals surface area contributed by atoms with E-state index >= 15 is 0 Å². The lowest BCUT2D eigenvalue weighted by atomic mass is 9.75. The first-order chi connectivity index (χ1) is 14.5. The normalized spacial score (nSPS) is 22.5. The van der Waals surface area contributed by atoms with Gasteiger partial charge in [0.25, 0.3) is 5.91 Å². The van der Waals surface area contributed by atoms with E-state index < -0.39 is 24.1 Å². The molecule has 0 saturated carbocycles. The minimum atomic E-state index is -1.04. The predicted octanol–water partition coefficient (Wildman–Crippen LogP) is 3.10. The number of carbonyl (C=O) groups is 1. The van der Waals surface area contributed by atoms with Gasteiger partial charge in [0, 0.05) is 35.9 Å². The van der Waals surface area contributed by atoms with E-state index in [-0.39, 0.29) is 24.9 Å². The molecule has 3 N–H and O–H groups in total. The third-order valence-electron chi connectivity index (χ3n) is 5.12. The average molecular weight is 451 g/mol. The molecule has 1 aromatic carbocycles. The minimum Gasteiger partial charge on any atom is -0.445 e. The maximum absolute atomic E-state index is 14.9. The zero-order valence-corrected chi connectivity index (χ0v) is 16.6. The number of nitrogens with zero attached hydrogens (tertiary/aromatic N) is 3. The number of halogens is 2. The quantitative estimate of drug-likeness (QED) is 0.718. The van der Waals surface area contributed by atoms with Crippen molar-refractivity contribution in [2.24, 2.45) is 16.6 Å². The molecule has 0 spiro atoms. The van der Waals surface area contributed by atoms with Crippen LogP contribution < -0.4 is 15.8 Å². The SMILES string of the molecule is C.NC1=N[C@@]2(c3cc(NC(=O)c4cnc(OCF)cn4)ccc3F)CCOC[C@H]2CS1. The zero-order chi connectivity index (χ0) is 21.1. The van der Waals surface area contributed by atoms with E-state index in [2.05, 4.69) is 25.0 Å². The Kier molecular flexibility index (Phi) is 7.06. The fourth-order valence-electron chi connectivity index (χ4n) is 3.65. The third-order valence-corrected chi connectivity index (χ3v) is 6.07. The smallest absolute Gasteiger partial charge is 0.275 e. The number of amides is 1. The van der Waals surface area contributed by atoms with Crippen molar-refractivity contribution in [1.82, 2.24) is 9.97 Å². The van der Waals surface area contributed by atoms with E-state index in [9.17, 15) is 13.6 Å². The molecule has 2 aromatic rings. The number of nitrogens with two attached hydrogens (primary N) is 1. The standard InChI is InChI=1S/C19H19F2N5O3S.CH4/c20-10-29-16-7-23-15(6-24-16)17(27)25-12-1-2-14(21)13(5-12)19-3-4-28-8-11(19)9-30-18(22)26-19;/h1-2,5-7,11H,3-4,8-10H2,(H2,22,26)(H,25,27);1H4/t11-,19-;/m0./s1. The molecule has 11 heteroatoms. The number of hydrogen-bond acceptors (Lipinski definition) is 8. The molecule has 0 aliphatic carbocycles. The Bertz CT molecular complexity index is 976. The van der Waals surface area contributed by atoms with Crippen LogP contribution in [0.2, 0.25) is 0 Å². The molecule has 166 valence electrons. The lowest BCUT2D eigenvalue weighted by Gasteiger charge is -2.44. The number of fused-ring (bicyclic) bond motifs is 1. The Morgan fingerprint density at radius 2 is 2.23 bits per heavy atom. The molecular formula is C20H23F2N5O3S. The average Bonchev–Trinajstić information content (AvgIpc) is 2.75. The van der Waals surface area contributed by atoms with E-state index in [0.717, 1.165) is 6.20 Å². The molecule has 31 heavy (non-hydrogen) atoms. The number of amidine groups is 1. The van der Waals surface area contributed by atoms with Crippen molar-refractivity contribution in [3.63, 3.8) is 0 Å². The van der Waals surface area contributed by atoms with Gasteiger partial charge in [-0.05, 0) is 18.2 Å². The number of aliphatic imine (C=N–C) groups is 1.